The Labute approximate surface area is 64.5 Å². The van der Waals surface area contributed by atoms with Crippen molar-refractivity contribution in [1.29, 1.82) is 0 Å². The average Bonchev–Trinajstić information content (AvgIpc) is 2.70. The van der Waals surface area contributed by atoms with Crippen LogP contribution >= 0.6 is 0 Å². The summed E-state index contributed by atoms with van der Waals surface area (Å²) in [5, 5.41) is 8.89. The number of aromatic hydroxyl groups is 1. The summed E-state index contributed by atoms with van der Waals surface area (Å²) >= 11 is 0. The highest BCUT2D eigenvalue weighted by Gasteiger charge is 2.27. The van der Waals surface area contributed by atoms with Crippen LogP contribution in [0, 0.1) is 11.7 Å². The SMILES string of the molecule is Oc1ccc([C]2CC2)c(F)c1. The maximum atomic E-state index is 13.0. The van der Waals surface area contributed by atoms with Crippen LogP contribution in [0.1, 0.15) is 18.4 Å². The van der Waals surface area contributed by atoms with Gasteiger partial charge in [-0.2, -0.15) is 0 Å². The molecule has 1 aromatic rings. The van der Waals surface area contributed by atoms with Crippen molar-refractivity contribution in [2.45, 2.75) is 12.8 Å². The lowest BCUT2D eigenvalue weighted by Gasteiger charge is -1.99. The summed E-state index contributed by atoms with van der Waals surface area (Å²) in [6, 6.07) is 4.30. The Morgan fingerprint density at radius 3 is 2.55 bits per heavy atom. The number of hydrogen-bond acceptors (Lipinski definition) is 1. The Bertz CT molecular complexity index is 279. The molecule has 2 rings (SSSR count). The van der Waals surface area contributed by atoms with E-state index in [1.165, 1.54) is 6.07 Å². The van der Waals surface area contributed by atoms with Gasteiger partial charge < -0.3 is 5.11 Å². The van der Waals surface area contributed by atoms with Crippen molar-refractivity contribution in [2.75, 3.05) is 0 Å². The number of rotatable bonds is 1. The summed E-state index contributed by atoms with van der Waals surface area (Å²) in [4.78, 5) is 0. The van der Waals surface area contributed by atoms with Gasteiger partial charge in [0.05, 0.1) is 0 Å². The minimum absolute atomic E-state index is 0.00694. The van der Waals surface area contributed by atoms with Gasteiger partial charge in [-0.1, -0.05) is 6.07 Å². The molecule has 0 unspecified atom stereocenters. The Morgan fingerprint density at radius 1 is 1.27 bits per heavy atom. The van der Waals surface area contributed by atoms with Crippen molar-refractivity contribution < 1.29 is 9.50 Å². The van der Waals surface area contributed by atoms with E-state index in [0.717, 1.165) is 24.8 Å². The Morgan fingerprint density at radius 2 is 2.00 bits per heavy atom. The lowest BCUT2D eigenvalue weighted by Crippen LogP contribution is -1.85. The van der Waals surface area contributed by atoms with Crippen LogP contribution in [-0.2, 0) is 0 Å². The number of halogens is 1. The van der Waals surface area contributed by atoms with Crippen LogP contribution in [0.2, 0.25) is 0 Å². The van der Waals surface area contributed by atoms with E-state index in [-0.39, 0.29) is 11.6 Å². The van der Waals surface area contributed by atoms with Crippen LogP contribution in [0.25, 0.3) is 0 Å². The third-order valence-electron chi connectivity index (χ3n) is 1.83. The van der Waals surface area contributed by atoms with Gasteiger partial charge in [-0.25, -0.2) is 4.39 Å². The van der Waals surface area contributed by atoms with Crippen molar-refractivity contribution in [2.24, 2.45) is 0 Å². The molecule has 1 saturated carbocycles. The minimum atomic E-state index is -0.308. The van der Waals surface area contributed by atoms with Crippen molar-refractivity contribution in [3.05, 3.63) is 35.5 Å². The molecule has 1 aliphatic carbocycles. The van der Waals surface area contributed by atoms with Gasteiger partial charge in [0.2, 0.25) is 0 Å². The van der Waals surface area contributed by atoms with E-state index in [4.69, 9.17) is 5.11 Å². The molecule has 0 aliphatic heterocycles. The molecule has 0 atom stereocenters. The maximum absolute atomic E-state index is 13.0. The largest absolute Gasteiger partial charge is 0.508 e. The van der Waals surface area contributed by atoms with Crippen LogP contribution in [0.15, 0.2) is 18.2 Å². The maximum Gasteiger partial charge on any atom is 0.130 e. The van der Waals surface area contributed by atoms with Crippen LogP contribution in [-0.4, -0.2) is 5.11 Å². The summed E-state index contributed by atoms with van der Waals surface area (Å²) in [6.07, 6.45) is 2.00. The van der Waals surface area contributed by atoms with Crippen LogP contribution in [0.3, 0.4) is 0 Å². The monoisotopic (exact) mass is 151 g/mol. The van der Waals surface area contributed by atoms with E-state index < -0.39 is 0 Å². The molecule has 11 heavy (non-hydrogen) atoms. The molecule has 0 saturated heterocycles. The van der Waals surface area contributed by atoms with Crippen molar-refractivity contribution in [1.82, 2.24) is 0 Å². The molecule has 0 aromatic heterocycles. The van der Waals surface area contributed by atoms with E-state index in [1.807, 2.05) is 0 Å². The summed E-state index contributed by atoms with van der Waals surface area (Å²) in [5.41, 5.74) is 0.669. The van der Waals surface area contributed by atoms with E-state index in [2.05, 4.69) is 0 Å². The lowest BCUT2D eigenvalue weighted by atomic mass is 10.1. The highest BCUT2D eigenvalue weighted by atomic mass is 19.1. The highest BCUT2D eigenvalue weighted by molar-refractivity contribution is 5.41. The van der Waals surface area contributed by atoms with Gasteiger partial charge in [-0.3, -0.25) is 0 Å². The fourth-order valence-electron chi connectivity index (χ4n) is 1.12. The van der Waals surface area contributed by atoms with Gasteiger partial charge in [0, 0.05) is 12.0 Å². The molecule has 0 spiro atoms. The molecular formula is C9H8FO. The first-order valence-corrected chi connectivity index (χ1v) is 3.61. The lowest BCUT2D eigenvalue weighted by molar-refractivity contribution is 0.468. The molecular weight excluding hydrogens is 143 g/mol. The number of benzene rings is 1. The topological polar surface area (TPSA) is 20.2 Å². The van der Waals surface area contributed by atoms with Crippen LogP contribution < -0.4 is 0 Å². The van der Waals surface area contributed by atoms with Gasteiger partial charge >= 0.3 is 0 Å². The third-order valence-corrected chi connectivity index (χ3v) is 1.83. The molecule has 1 N–H and O–H groups in total. The molecule has 0 bridgehead atoms. The number of phenols is 1. The molecule has 0 heterocycles. The Balaban J connectivity index is 2.39. The first-order valence-electron chi connectivity index (χ1n) is 3.61. The Kier molecular flexibility index (Phi) is 1.34. The van der Waals surface area contributed by atoms with Crippen LogP contribution in [0.5, 0.6) is 5.75 Å². The Hall–Kier alpha value is -1.05. The van der Waals surface area contributed by atoms with Crippen molar-refractivity contribution in [3.8, 4) is 5.75 Å². The minimum Gasteiger partial charge on any atom is -0.508 e. The van der Waals surface area contributed by atoms with Gasteiger partial charge in [0.1, 0.15) is 11.6 Å². The van der Waals surface area contributed by atoms with Crippen molar-refractivity contribution >= 4 is 0 Å². The van der Waals surface area contributed by atoms with Gasteiger partial charge in [0.25, 0.3) is 0 Å². The summed E-state index contributed by atoms with van der Waals surface area (Å²) < 4.78 is 13.0. The quantitative estimate of drug-likeness (QED) is 0.652. The van der Waals surface area contributed by atoms with E-state index in [9.17, 15) is 4.39 Å². The molecule has 1 fully saturated rings. The molecule has 1 radical (unpaired) electrons. The molecule has 2 heteroatoms. The van der Waals surface area contributed by atoms with E-state index in [0.29, 0.717) is 5.56 Å². The second-order valence-electron chi connectivity index (χ2n) is 2.77. The second-order valence-corrected chi connectivity index (χ2v) is 2.77. The van der Waals surface area contributed by atoms with Gasteiger partial charge in [0.15, 0.2) is 0 Å². The average molecular weight is 151 g/mol. The first-order chi connectivity index (χ1) is 5.27. The highest BCUT2D eigenvalue weighted by Crippen LogP contribution is 2.40. The van der Waals surface area contributed by atoms with Crippen molar-refractivity contribution in [3.63, 3.8) is 0 Å². The number of hydrogen-bond donors (Lipinski definition) is 1. The number of phenolic OH excluding ortho intramolecular Hbond substituents is 1. The fourth-order valence-corrected chi connectivity index (χ4v) is 1.12. The first kappa shape index (κ1) is 6.65. The smallest absolute Gasteiger partial charge is 0.130 e. The zero-order valence-electron chi connectivity index (χ0n) is 5.97. The molecule has 1 aliphatic rings. The fraction of sp³-hybridized carbons (Fsp3) is 0.222. The molecule has 1 nitrogen and oxygen atoms in total. The molecule has 0 amide bonds. The zero-order valence-corrected chi connectivity index (χ0v) is 5.97. The molecule has 1 aromatic carbocycles. The summed E-state index contributed by atoms with van der Waals surface area (Å²) in [6.45, 7) is 0. The van der Waals surface area contributed by atoms with E-state index in [1.54, 1.807) is 6.07 Å². The van der Waals surface area contributed by atoms with Gasteiger partial charge in [-0.15, -0.1) is 0 Å². The molecule has 57 valence electrons. The predicted octanol–water partition coefficient (Wildman–Crippen LogP) is 2.25. The third kappa shape index (κ3) is 1.20. The van der Waals surface area contributed by atoms with Crippen LogP contribution in [0.4, 0.5) is 4.39 Å². The predicted molar refractivity (Wildman–Crippen MR) is 39.6 cm³/mol. The summed E-state index contributed by atoms with van der Waals surface area (Å²) in [7, 11) is 0. The standard InChI is InChI=1S/C9H8FO/c10-9-5-7(11)3-4-8(9)6-1-2-6/h3-5,11H,1-2H2. The second kappa shape index (κ2) is 2.22. The zero-order chi connectivity index (χ0) is 7.84. The van der Waals surface area contributed by atoms with Gasteiger partial charge in [-0.05, 0) is 24.5 Å². The normalized spacial score (nSPS) is 16.8. The van der Waals surface area contributed by atoms with E-state index >= 15 is 0 Å². The summed E-state index contributed by atoms with van der Waals surface area (Å²) in [5.74, 6) is 0.840.